The number of hydrogen-bond donors (Lipinski definition) is 0. The number of thiazole rings is 1. The monoisotopic (exact) mass is 439 g/mol. The summed E-state index contributed by atoms with van der Waals surface area (Å²) in [6.07, 6.45) is 1.80. The van der Waals surface area contributed by atoms with E-state index in [0.717, 1.165) is 33.7 Å². The smallest absolute Gasteiger partial charge is 0.258 e. The van der Waals surface area contributed by atoms with E-state index in [9.17, 15) is 4.79 Å². The van der Waals surface area contributed by atoms with E-state index in [0.29, 0.717) is 23.9 Å². The van der Waals surface area contributed by atoms with Crippen molar-refractivity contribution in [3.8, 4) is 5.75 Å². The Morgan fingerprint density at radius 2 is 2.13 bits per heavy atom. The summed E-state index contributed by atoms with van der Waals surface area (Å²) < 4.78 is 9.47. The van der Waals surface area contributed by atoms with Crippen molar-refractivity contribution in [1.82, 2.24) is 24.1 Å². The van der Waals surface area contributed by atoms with Crippen LogP contribution < -0.4 is 10.3 Å². The van der Waals surface area contributed by atoms with Gasteiger partial charge in [0.05, 0.1) is 5.69 Å². The lowest BCUT2D eigenvalue weighted by Crippen LogP contribution is -2.14. The van der Waals surface area contributed by atoms with Crippen LogP contribution in [0.15, 0.2) is 58.3 Å². The van der Waals surface area contributed by atoms with Crippen LogP contribution in [0.2, 0.25) is 0 Å². The van der Waals surface area contributed by atoms with Crippen LogP contribution in [0.5, 0.6) is 5.75 Å². The Balaban J connectivity index is 1.50. The van der Waals surface area contributed by atoms with Crippen LogP contribution in [0.3, 0.4) is 0 Å². The minimum Gasteiger partial charge on any atom is -0.486 e. The molecule has 7 nitrogen and oxygen atoms in total. The van der Waals surface area contributed by atoms with Gasteiger partial charge in [-0.1, -0.05) is 30.0 Å². The Hall–Kier alpha value is -2.91. The van der Waals surface area contributed by atoms with E-state index in [1.54, 1.807) is 16.5 Å². The fourth-order valence-electron chi connectivity index (χ4n) is 3.01. The first-order valence-corrected chi connectivity index (χ1v) is 11.2. The molecule has 0 unspecified atom stereocenters. The Morgan fingerprint density at radius 1 is 1.27 bits per heavy atom. The summed E-state index contributed by atoms with van der Waals surface area (Å²) in [4.78, 5) is 17.7. The second-order valence-electron chi connectivity index (χ2n) is 6.77. The van der Waals surface area contributed by atoms with Crippen LogP contribution in [0.4, 0.5) is 0 Å². The number of rotatable bonds is 8. The quantitative estimate of drug-likeness (QED) is 0.305. The number of hydrogen-bond acceptors (Lipinski definition) is 7. The van der Waals surface area contributed by atoms with E-state index in [2.05, 4.69) is 21.8 Å². The predicted molar refractivity (Wildman–Crippen MR) is 119 cm³/mol. The summed E-state index contributed by atoms with van der Waals surface area (Å²) in [5, 5.41) is 11.3. The topological polar surface area (TPSA) is 74.3 Å². The van der Waals surface area contributed by atoms with Crippen molar-refractivity contribution in [2.45, 2.75) is 37.9 Å². The average molecular weight is 440 g/mol. The van der Waals surface area contributed by atoms with Crippen molar-refractivity contribution in [2.24, 2.45) is 0 Å². The summed E-state index contributed by atoms with van der Waals surface area (Å²) >= 11 is 2.95. The van der Waals surface area contributed by atoms with Crippen molar-refractivity contribution < 1.29 is 4.74 Å². The van der Waals surface area contributed by atoms with Crippen molar-refractivity contribution in [3.05, 3.63) is 81.5 Å². The molecule has 30 heavy (non-hydrogen) atoms. The molecule has 0 aliphatic carbocycles. The highest BCUT2D eigenvalue weighted by Gasteiger charge is 2.14. The summed E-state index contributed by atoms with van der Waals surface area (Å²) in [5.41, 5.74) is 2.69. The van der Waals surface area contributed by atoms with E-state index in [-0.39, 0.29) is 5.56 Å². The van der Waals surface area contributed by atoms with Gasteiger partial charge in [-0.25, -0.2) is 4.98 Å². The molecular formula is C21H21N5O2S2. The minimum absolute atomic E-state index is 0.0610. The molecule has 0 spiro atoms. The molecular weight excluding hydrogens is 418 g/mol. The highest BCUT2D eigenvalue weighted by atomic mass is 32.2. The van der Waals surface area contributed by atoms with Crippen LogP contribution in [0, 0.1) is 13.8 Å². The van der Waals surface area contributed by atoms with Crippen LogP contribution in [0.1, 0.15) is 22.8 Å². The Morgan fingerprint density at radius 3 is 2.93 bits per heavy atom. The van der Waals surface area contributed by atoms with Crippen LogP contribution >= 0.6 is 23.1 Å². The van der Waals surface area contributed by atoms with Crippen molar-refractivity contribution in [3.63, 3.8) is 0 Å². The maximum absolute atomic E-state index is 12.4. The maximum atomic E-state index is 12.4. The number of benzene rings is 1. The third-order valence-corrected chi connectivity index (χ3v) is 6.38. The second kappa shape index (κ2) is 8.85. The summed E-state index contributed by atoms with van der Waals surface area (Å²) in [6.45, 7) is 8.64. The van der Waals surface area contributed by atoms with Gasteiger partial charge in [0.25, 0.3) is 5.56 Å². The zero-order chi connectivity index (χ0) is 21.1. The van der Waals surface area contributed by atoms with Crippen molar-refractivity contribution in [1.29, 1.82) is 0 Å². The highest BCUT2D eigenvalue weighted by molar-refractivity contribution is 7.98. The SMILES string of the molecule is C=CCn1c(COc2cccc(C)c2)nnc1SCc1cc(=O)n2c(C)csc2n1. The third kappa shape index (κ3) is 4.31. The van der Waals surface area contributed by atoms with Gasteiger partial charge < -0.3 is 4.74 Å². The summed E-state index contributed by atoms with van der Waals surface area (Å²) in [6, 6.07) is 9.47. The van der Waals surface area contributed by atoms with Crippen LogP contribution in [-0.4, -0.2) is 24.1 Å². The molecule has 3 aromatic heterocycles. The molecule has 0 aliphatic rings. The van der Waals surface area contributed by atoms with E-state index in [1.807, 2.05) is 48.1 Å². The van der Waals surface area contributed by atoms with Gasteiger partial charge in [0.2, 0.25) is 0 Å². The van der Waals surface area contributed by atoms with E-state index < -0.39 is 0 Å². The Labute approximate surface area is 182 Å². The fraction of sp³-hybridized carbons (Fsp3) is 0.238. The van der Waals surface area contributed by atoms with Gasteiger partial charge in [-0.05, 0) is 31.5 Å². The molecule has 9 heteroatoms. The number of aryl methyl sites for hydroxylation is 2. The normalized spacial score (nSPS) is 11.1. The van der Waals surface area contributed by atoms with Gasteiger partial charge in [-0.2, -0.15) is 0 Å². The predicted octanol–water partition coefficient (Wildman–Crippen LogP) is 4.02. The highest BCUT2D eigenvalue weighted by Crippen LogP contribution is 2.23. The lowest BCUT2D eigenvalue weighted by Gasteiger charge is -2.09. The van der Waals surface area contributed by atoms with Gasteiger partial charge in [0.15, 0.2) is 15.9 Å². The van der Waals surface area contributed by atoms with Gasteiger partial charge in [0, 0.05) is 29.4 Å². The minimum atomic E-state index is -0.0610. The van der Waals surface area contributed by atoms with Crippen molar-refractivity contribution >= 4 is 28.1 Å². The van der Waals surface area contributed by atoms with E-state index >= 15 is 0 Å². The Kier molecular flexibility index (Phi) is 6.01. The molecule has 0 aliphatic heterocycles. The first-order chi connectivity index (χ1) is 14.5. The first kappa shape index (κ1) is 20.4. The third-order valence-electron chi connectivity index (χ3n) is 4.44. The fourth-order valence-corrected chi connectivity index (χ4v) is 4.76. The number of ether oxygens (including phenoxy) is 1. The Bertz CT molecular complexity index is 1260. The van der Waals surface area contributed by atoms with Gasteiger partial charge in [-0.3, -0.25) is 13.8 Å². The number of allylic oxidation sites excluding steroid dienone is 1. The maximum Gasteiger partial charge on any atom is 0.258 e. The van der Waals surface area contributed by atoms with Crippen LogP contribution in [-0.2, 0) is 18.9 Å². The summed E-state index contributed by atoms with van der Waals surface area (Å²) in [5.74, 6) is 2.04. The molecule has 0 atom stereocenters. The number of nitrogens with zero attached hydrogens (tertiary/aromatic N) is 5. The molecule has 0 radical (unpaired) electrons. The molecule has 0 fully saturated rings. The molecule has 4 rings (SSSR count). The number of aromatic nitrogens is 5. The molecule has 0 N–H and O–H groups in total. The molecule has 1 aromatic carbocycles. The van der Waals surface area contributed by atoms with Gasteiger partial charge >= 0.3 is 0 Å². The van der Waals surface area contributed by atoms with E-state index in [4.69, 9.17) is 4.74 Å². The standard InChI is InChI=1S/C21H21N5O2S2/c1-4-8-25-18(11-28-17-7-5-6-14(2)9-17)23-24-21(25)30-13-16-10-19(27)26-15(3)12-29-20(26)22-16/h4-7,9-10,12H,1,8,11,13H2,2-3H3. The van der Waals surface area contributed by atoms with E-state index in [1.165, 1.54) is 23.1 Å². The lowest BCUT2D eigenvalue weighted by atomic mass is 10.2. The van der Waals surface area contributed by atoms with Crippen molar-refractivity contribution in [2.75, 3.05) is 0 Å². The lowest BCUT2D eigenvalue weighted by molar-refractivity contribution is 0.289. The zero-order valence-corrected chi connectivity index (χ0v) is 18.4. The zero-order valence-electron chi connectivity index (χ0n) is 16.7. The summed E-state index contributed by atoms with van der Waals surface area (Å²) in [7, 11) is 0. The average Bonchev–Trinajstić information content (AvgIpc) is 3.29. The largest absolute Gasteiger partial charge is 0.486 e. The number of fused-ring (bicyclic) bond motifs is 1. The molecule has 0 saturated carbocycles. The second-order valence-corrected chi connectivity index (χ2v) is 8.55. The van der Waals surface area contributed by atoms with Gasteiger partial charge in [-0.15, -0.1) is 28.1 Å². The molecule has 154 valence electrons. The molecule has 3 heterocycles. The molecule has 0 bridgehead atoms. The molecule has 0 amide bonds. The van der Waals surface area contributed by atoms with Gasteiger partial charge in [0.1, 0.15) is 12.4 Å². The van der Waals surface area contributed by atoms with Crippen LogP contribution in [0.25, 0.3) is 4.96 Å². The molecule has 4 aromatic rings. The first-order valence-electron chi connectivity index (χ1n) is 9.37. The number of thioether (sulfide) groups is 1. The molecule has 0 saturated heterocycles.